The number of halogens is 1. The van der Waals surface area contributed by atoms with Crippen LogP contribution in [0.15, 0.2) is 24.3 Å². The van der Waals surface area contributed by atoms with Crippen molar-refractivity contribution in [2.75, 3.05) is 47.4 Å². The number of nitrogens with zero attached hydrogens (tertiary/aromatic N) is 2. The Kier molecular flexibility index (Phi) is 9.22. The van der Waals surface area contributed by atoms with Crippen LogP contribution in [-0.4, -0.2) is 69.1 Å². The molecule has 0 spiro atoms. The number of amides is 2. The average Bonchev–Trinajstić information content (AvgIpc) is 2.66. The lowest BCUT2D eigenvalue weighted by Gasteiger charge is -2.39. The number of carbonyl (C=O) groups excluding carboxylic acids is 2. The first-order chi connectivity index (χ1) is 12.4. The van der Waals surface area contributed by atoms with Crippen molar-refractivity contribution in [3.63, 3.8) is 0 Å². The molecular weight excluding hydrogens is 366 g/mol. The molecule has 0 bridgehead atoms. The van der Waals surface area contributed by atoms with E-state index in [-0.39, 0.29) is 24.2 Å². The largest absolute Gasteiger partial charge is 0.384 e. The third-order valence-corrected chi connectivity index (χ3v) is 5.08. The van der Waals surface area contributed by atoms with E-state index < -0.39 is 5.41 Å². The standard InChI is InChI=1S/C20H31N3O3.ClH/c1-5-23(19(25)20(15-26-4)10-12-21-13-11-20)14-16-6-8-17(9-7-16)18(24)22(2)3;/h6-9,21H,5,10-15H2,1-4H3;1H. The Morgan fingerprint density at radius 1 is 1.15 bits per heavy atom. The maximum atomic E-state index is 13.3. The van der Waals surface area contributed by atoms with Crippen LogP contribution in [0.3, 0.4) is 0 Å². The summed E-state index contributed by atoms with van der Waals surface area (Å²) in [4.78, 5) is 28.7. The van der Waals surface area contributed by atoms with E-state index in [1.54, 1.807) is 26.1 Å². The van der Waals surface area contributed by atoms with Gasteiger partial charge in [-0.15, -0.1) is 12.4 Å². The zero-order valence-electron chi connectivity index (χ0n) is 16.8. The lowest BCUT2D eigenvalue weighted by molar-refractivity contribution is -0.148. The second-order valence-corrected chi connectivity index (χ2v) is 7.18. The van der Waals surface area contributed by atoms with Gasteiger partial charge in [0.1, 0.15) is 0 Å². The van der Waals surface area contributed by atoms with E-state index >= 15 is 0 Å². The minimum absolute atomic E-state index is 0. The number of ether oxygens (including phenoxy) is 1. The molecule has 1 heterocycles. The molecule has 0 radical (unpaired) electrons. The zero-order valence-corrected chi connectivity index (χ0v) is 17.6. The molecule has 0 aromatic heterocycles. The highest BCUT2D eigenvalue weighted by Gasteiger charge is 2.41. The third kappa shape index (κ3) is 5.67. The fourth-order valence-electron chi connectivity index (χ4n) is 3.50. The van der Waals surface area contributed by atoms with E-state index in [1.807, 2.05) is 36.1 Å². The number of piperidine rings is 1. The molecule has 1 N–H and O–H groups in total. The van der Waals surface area contributed by atoms with Crippen molar-refractivity contribution in [1.29, 1.82) is 0 Å². The van der Waals surface area contributed by atoms with E-state index in [0.29, 0.717) is 25.3 Å². The van der Waals surface area contributed by atoms with Crippen molar-refractivity contribution in [1.82, 2.24) is 15.1 Å². The number of benzene rings is 1. The molecule has 0 saturated carbocycles. The summed E-state index contributed by atoms with van der Waals surface area (Å²) in [6.45, 7) is 5.34. The van der Waals surface area contributed by atoms with Crippen molar-refractivity contribution in [2.24, 2.45) is 5.41 Å². The van der Waals surface area contributed by atoms with Crippen LogP contribution in [0.2, 0.25) is 0 Å². The minimum atomic E-state index is -0.434. The Morgan fingerprint density at radius 3 is 2.22 bits per heavy atom. The van der Waals surface area contributed by atoms with Crippen LogP contribution in [0.25, 0.3) is 0 Å². The molecule has 1 aromatic carbocycles. The van der Waals surface area contributed by atoms with E-state index in [9.17, 15) is 9.59 Å². The normalized spacial score (nSPS) is 15.6. The molecule has 0 unspecified atom stereocenters. The first-order valence-corrected chi connectivity index (χ1v) is 9.23. The van der Waals surface area contributed by atoms with Gasteiger partial charge in [-0.25, -0.2) is 0 Å². The highest BCUT2D eigenvalue weighted by atomic mass is 35.5. The predicted molar refractivity (Wildman–Crippen MR) is 109 cm³/mol. The molecule has 1 aliphatic heterocycles. The van der Waals surface area contributed by atoms with Crippen molar-refractivity contribution < 1.29 is 14.3 Å². The fraction of sp³-hybridized carbons (Fsp3) is 0.600. The summed E-state index contributed by atoms with van der Waals surface area (Å²) < 4.78 is 5.40. The monoisotopic (exact) mass is 397 g/mol. The van der Waals surface area contributed by atoms with Gasteiger partial charge in [0.2, 0.25) is 5.91 Å². The number of hydrogen-bond donors (Lipinski definition) is 1. The van der Waals surface area contributed by atoms with Gasteiger partial charge in [-0.05, 0) is 50.6 Å². The summed E-state index contributed by atoms with van der Waals surface area (Å²) in [6, 6.07) is 7.51. The Labute approximate surface area is 168 Å². The van der Waals surface area contributed by atoms with Gasteiger partial charge >= 0.3 is 0 Å². The van der Waals surface area contributed by atoms with Crippen LogP contribution in [0.4, 0.5) is 0 Å². The number of carbonyl (C=O) groups is 2. The van der Waals surface area contributed by atoms with Gasteiger partial charge in [-0.3, -0.25) is 9.59 Å². The smallest absolute Gasteiger partial charge is 0.253 e. The highest BCUT2D eigenvalue weighted by molar-refractivity contribution is 5.93. The van der Waals surface area contributed by atoms with Crippen molar-refractivity contribution in [2.45, 2.75) is 26.3 Å². The topological polar surface area (TPSA) is 61.9 Å². The van der Waals surface area contributed by atoms with Crippen LogP contribution in [0, 0.1) is 5.41 Å². The predicted octanol–water partition coefficient (Wildman–Crippen LogP) is 2.17. The van der Waals surface area contributed by atoms with E-state index in [1.165, 1.54) is 0 Å². The Balaban J connectivity index is 0.00000364. The summed E-state index contributed by atoms with van der Waals surface area (Å²) in [5.41, 5.74) is 1.25. The second kappa shape index (κ2) is 10.6. The second-order valence-electron chi connectivity index (χ2n) is 7.18. The van der Waals surface area contributed by atoms with Crippen LogP contribution in [0.5, 0.6) is 0 Å². The quantitative estimate of drug-likeness (QED) is 0.766. The van der Waals surface area contributed by atoms with Gasteiger partial charge < -0.3 is 19.9 Å². The molecule has 1 aromatic rings. The van der Waals surface area contributed by atoms with Crippen molar-refractivity contribution in [3.05, 3.63) is 35.4 Å². The van der Waals surface area contributed by atoms with Crippen LogP contribution in [0.1, 0.15) is 35.7 Å². The summed E-state index contributed by atoms with van der Waals surface area (Å²) in [5.74, 6) is 0.144. The molecular formula is C20H32ClN3O3. The third-order valence-electron chi connectivity index (χ3n) is 5.08. The Bertz CT molecular complexity index is 608. The molecule has 2 amide bonds. The fourth-order valence-corrected chi connectivity index (χ4v) is 3.50. The van der Waals surface area contributed by atoms with Gasteiger partial charge in [0.25, 0.3) is 5.91 Å². The first-order valence-electron chi connectivity index (χ1n) is 9.23. The van der Waals surface area contributed by atoms with E-state index in [0.717, 1.165) is 31.5 Å². The molecule has 27 heavy (non-hydrogen) atoms. The van der Waals surface area contributed by atoms with Gasteiger partial charge in [0, 0.05) is 39.9 Å². The Morgan fingerprint density at radius 2 is 1.74 bits per heavy atom. The molecule has 7 heteroatoms. The molecule has 0 aliphatic carbocycles. The number of nitrogens with one attached hydrogen (secondary N) is 1. The summed E-state index contributed by atoms with van der Waals surface area (Å²) >= 11 is 0. The lowest BCUT2D eigenvalue weighted by atomic mass is 9.78. The van der Waals surface area contributed by atoms with Crippen molar-refractivity contribution >= 4 is 24.2 Å². The number of hydrogen-bond acceptors (Lipinski definition) is 4. The van der Waals surface area contributed by atoms with Gasteiger partial charge in [0.05, 0.1) is 12.0 Å². The van der Waals surface area contributed by atoms with Crippen LogP contribution in [-0.2, 0) is 16.1 Å². The highest BCUT2D eigenvalue weighted by Crippen LogP contribution is 2.32. The first kappa shape index (κ1) is 23.4. The summed E-state index contributed by atoms with van der Waals surface area (Å²) in [6.07, 6.45) is 1.60. The maximum absolute atomic E-state index is 13.3. The molecule has 1 aliphatic rings. The SMILES string of the molecule is CCN(Cc1ccc(C(=O)N(C)C)cc1)C(=O)C1(COC)CCNCC1.Cl. The minimum Gasteiger partial charge on any atom is -0.384 e. The molecule has 152 valence electrons. The number of rotatable bonds is 7. The van der Waals surface area contributed by atoms with E-state index in [4.69, 9.17) is 4.74 Å². The van der Waals surface area contributed by atoms with Gasteiger partial charge in [-0.2, -0.15) is 0 Å². The molecule has 1 saturated heterocycles. The Hall–Kier alpha value is -1.63. The zero-order chi connectivity index (χ0) is 19.2. The van der Waals surface area contributed by atoms with Crippen LogP contribution >= 0.6 is 12.4 Å². The number of methoxy groups -OCH3 is 1. The molecule has 0 atom stereocenters. The maximum Gasteiger partial charge on any atom is 0.253 e. The molecule has 2 rings (SSSR count). The van der Waals surface area contributed by atoms with Gasteiger partial charge in [0.15, 0.2) is 0 Å². The molecule has 1 fully saturated rings. The van der Waals surface area contributed by atoms with E-state index in [2.05, 4.69) is 5.32 Å². The van der Waals surface area contributed by atoms with Crippen LogP contribution < -0.4 is 5.32 Å². The van der Waals surface area contributed by atoms with Gasteiger partial charge in [-0.1, -0.05) is 12.1 Å². The summed E-state index contributed by atoms with van der Waals surface area (Å²) in [7, 11) is 5.14. The summed E-state index contributed by atoms with van der Waals surface area (Å²) in [5, 5.41) is 3.32. The average molecular weight is 398 g/mol. The lowest BCUT2D eigenvalue weighted by Crippen LogP contribution is -2.51. The molecule has 6 nitrogen and oxygen atoms in total. The van der Waals surface area contributed by atoms with Crippen molar-refractivity contribution in [3.8, 4) is 0 Å².